The highest BCUT2D eigenvalue weighted by molar-refractivity contribution is 7.91. The number of nitrogens with zero attached hydrogens (tertiary/aromatic N) is 1. The van der Waals surface area contributed by atoms with Crippen molar-refractivity contribution in [1.82, 2.24) is 4.98 Å². The van der Waals surface area contributed by atoms with Gasteiger partial charge >= 0.3 is 0 Å². The molecule has 0 atom stereocenters. The molecule has 72 valence electrons. The van der Waals surface area contributed by atoms with Crippen molar-refractivity contribution in [2.45, 2.75) is 29.0 Å². The van der Waals surface area contributed by atoms with Crippen LogP contribution >= 0.6 is 12.6 Å². The van der Waals surface area contributed by atoms with Crippen LogP contribution in [-0.2, 0) is 9.84 Å². The maximum Gasteiger partial charge on any atom is 0.197 e. The summed E-state index contributed by atoms with van der Waals surface area (Å²) >= 11 is 4.02. The average molecular weight is 217 g/mol. The first-order valence-corrected chi connectivity index (χ1v) is 5.83. The van der Waals surface area contributed by atoms with E-state index in [1.807, 2.05) is 0 Å². The molecule has 0 spiro atoms. The van der Waals surface area contributed by atoms with Crippen molar-refractivity contribution in [2.75, 3.05) is 0 Å². The monoisotopic (exact) mass is 217 g/mol. The molecule has 1 aromatic rings. The minimum absolute atomic E-state index is 0.111. The summed E-state index contributed by atoms with van der Waals surface area (Å²) < 4.78 is 23.1. The van der Waals surface area contributed by atoms with E-state index < -0.39 is 15.1 Å². The third-order valence-corrected chi connectivity index (χ3v) is 3.96. The third kappa shape index (κ3) is 2.22. The number of aromatic nitrogens is 1. The van der Waals surface area contributed by atoms with E-state index in [9.17, 15) is 8.42 Å². The molecule has 0 fully saturated rings. The van der Waals surface area contributed by atoms with Crippen molar-refractivity contribution < 1.29 is 8.42 Å². The van der Waals surface area contributed by atoms with Crippen LogP contribution in [0.2, 0.25) is 0 Å². The van der Waals surface area contributed by atoms with Gasteiger partial charge in [0.1, 0.15) is 0 Å². The van der Waals surface area contributed by atoms with Gasteiger partial charge in [0, 0.05) is 11.1 Å². The van der Waals surface area contributed by atoms with E-state index in [0.717, 1.165) is 0 Å². The lowest BCUT2D eigenvalue weighted by atomic mass is 10.5. The fourth-order valence-electron chi connectivity index (χ4n) is 0.782. The SMILES string of the molecule is CC(C)S(=O)(=O)c1ccc(S)cn1. The van der Waals surface area contributed by atoms with Crippen LogP contribution in [0, 0.1) is 0 Å². The quantitative estimate of drug-likeness (QED) is 0.765. The Morgan fingerprint density at radius 2 is 2.00 bits per heavy atom. The Morgan fingerprint density at radius 1 is 1.38 bits per heavy atom. The van der Waals surface area contributed by atoms with E-state index >= 15 is 0 Å². The molecular formula is C8H11NO2S2. The second-order valence-electron chi connectivity index (χ2n) is 2.95. The van der Waals surface area contributed by atoms with E-state index in [-0.39, 0.29) is 5.03 Å². The summed E-state index contributed by atoms with van der Waals surface area (Å²) in [7, 11) is -3.24. The molecule has 0 aliphatic rings. The summed E-state index contributed by atoms with van der Waals surface area (Å²) in [5, 5.41) is -0.328. The van der Waals surface area contributed by atoms with Gasteiger partial charge in [-0.3, -0.25) is 0 Å². The van der Waals surface area contributed by atoms with E-state index in [0.29, 0.717) is 4.90 Å². The van der Waals surface area contributed by atoms with Gasteiger partial charge in [-0.25, -0.2) is 13.4 Å². The molecule has 0 aliphatic carbocycles. The van der Waals surface area contributed by atoms with Crippen molar-refractivity contribution in [1.29, 1.82) is 0 Å². The lowest BCUT2D eigenvalue weighted by Crippen LogP contribution is -2.15. The van der Waals surface area contributed by atoms with Crippen LogP contribution in [-0.4, -0.2) is 18.7 Å². The minimum atomic E-state index is -3.24. The molecule has 3 nitrogen and oxygen atoms in total. The number of hydrogen-bond donors (Lipinski definition) is 1. The normalized spacial score (nSPS) is 12.0. The Hall–Kier alpha value is -0.550. The van der Waals surface area contributed by atoms with Crippen molar-refractivity contribution >= 4 is 22.5 Å². The first kappa shape index (κ1) is 10.5. The van der Waals surface area contributed by atoms with Crippen LogP contribution in [0.15, 0.2) is 28.3 Å². The molecular weight excluding hydrogens is 206 g/mol. The second-order valence-corrected chi connectivity index (χ2v) is 5.92. The third-order valence-electron chi connectivity index (χ3n) is 1.63. The van der Waals surface area contributed by atoms with Gasteiger partial charge in [-0.2, -0.15) is 0 Å². The summed E-state index contributed by atoms with van der Waals surface area (Å²) in [5.41, 5.74) is 0. The summed E-state index contributed by atoms with van der Waals surface area (Å²) in [4.78, 5) is 4.46. The van der Waals surface area contributed by atoms with Gasteiger partial charge in [-0.15, -0.1) is 12.6 Å². The molecule has 0 aliphatic heterocycles. The molecule has 1 rings (SSSR count). The highest BCUT2D eigenvalue weighted by Crippen LogP contribution is 2.14. The molecule has 0 radical (unpaired) electrons. The van der Waals surface area contributed by atoms with Crippen molar-refractivity contribution in [3.63, 3.8) is 0 Å². The average Bonchev–Trinajstić information content (AvgIpc) is 2.04. The lowest BCUT2D eigenvalue weighted by Gasteiger charge is -2.05. The fraction of sp³-hybridized carbons (Fsp3) is 0.375. The highest BCUT2D eigenvalue weighted by atomic mass is 32.2. The van der Waals surface area contributed by atoms with Crippen molar-refractivity contribution in [2.24, 2.45) is 0 Å². The van der Waals surface area contributed by atoms with Crippen LogP contribution < -0.4 is 0 Å². The van der Waals surface area contributed by atoms with Crippen molar-refractivity contribution in [3.8, 4) is 0 Å². The maximum atomic E-state index is 11.6. The molecule has 0 saturated carbocycles. The fourth-order valence-corrected chi connectivity index (χ4v) is 1.85. The number of rotatable bonds is 2. The maximum absolute atomic E-state index is 11.6. The molecule has 5 heteroatoms. The van der Waals surface area contributed by atoms with Crippen LogP contribution in [0.3, 0.4) is 0 Å². The number of thiol groups is 1. The Labute approximate surface area is 83.5 Å². The number of pyridine rings is 1. The molecule has 0 N–H and O–H groups in total. The van der Waals surface area contributed by atoms with Gasteiger partial charge in [0.15, 0.2) is 14.9 Å². The first-order valence-electron chi connectivity index (χ1n) is 3.83. The Morgan fingerprint density at radius 3 is 2.38 bits per heavy atom. The predicted molar refractivity (Wildman–Crippen MR) is 53.8 cm³/mol. The molecule has 0 amide bonds. The van der Waals surface area contributed by atoms with Gasteiger partial charge in [0.05, 0.1) is 5.25 Å². The molecule has 0 aromatic carbocycles. The summed E-state index contributed by atoms with van der Waals surface area (Å²) in [6.07, 6.45) is 1.43. The van der Waals surface area contributed by atoms with Crippen molar-refractivity contribution in [3.05, 3.63) is 18.3 Å². The van der Waals surface area contributed by atoms with Crippen LogP contribution in [0.4, 0.5) is 0 Å². The lowest BCUT2D eigenvalue weighted by molar-refractivity contribution is 0.583. The zero-order valence-corrected chi connectivity index (χ0v) is 9.14. The Balaban J connectivity index is 3.17. The first-order chi connectivity index (χ1) is 5.94. The summed E-state index contributed by atoms with van der Waals surface area (Å²) in [6.45, 7) is 3.26. The van der Waals surface area contributed by atoms with Gasteiger partial charge in [-0.05, 0) is 26.0 Å². The smallest absolute Gasteiger partial charge is 0.197 e. The molecule has 0 bridgehead atoms. The van der Waals surface area contributed by atoms with E-state index in [2.05, 4.69) is 17.6 Å². The van der Waals surface area contributed by atoms with Gasteiger partial charge in [-0.1, -0.05) is 0 Å². The highest BCUT2D eigenvalue weighted by Gasteiger charge is 2.19. The zero-order valence-electron chi connectivity index (χ0n) is 7.43. The number of hydrogen-bond acceptors (Lipinski definition) is 4. The number of sulfone groups is 1. The molecule has 13 heavy (non-hydrogen) atoms. The zero-order chi connectivity index (χ0) is 10.1. The standard InChI is InChI=1S/C8H11NO2S2/c1-6(2)13(10,11)8-4-3-7(12)5-9-8/h3-6,12H,1-2H3. The van der Waals surface area contributed by atoms with E-state index in [1.165, 1.54) is 12.3 Å². The van der Waals surface area contributed by atoms with Gasteiger partial charge in [0.2, 0.25) is 0 Å². The summed E-state index contributed by atoms with van der Waals surface area (Å²) in [6, 6.07) is 3.09. The predicted octanol–water partition coefficient (Wildman–Crippen LogP) is 1.55. The van der Waals surface area contributed by atoms with Gasteiger partial charge in [0.25, 0.3) is 0 Å². The summed E-state index contributed by atoms with van der Waals surface area (Å²) in [5.74, 6) is 0. The van der Waals surface area contributed by atoms with Crippen LogP contribution in [0.5, 0.6) is 0 Å². The molecule has 1 aromatic heterocycles. The Bertz CT molecular complexity index is 381. The van der Waals surface area contributed by atoms with Gasteiger partial charge < -0.3 is 0 Å². The second kappa shape index (κ2) is 3.67. The van der Waals surface area contributed by atoms with Crippen LogP contribution in [0.1, 0.15) is 13.8 Å². The largest absolute Gasteiger partial charge is 0.244 e. The molecule has 1 heterocycles. The molecule has 0 unspecified atom stereocenters. The topological polar surface area (TPSA) is 47.0 Å². The van der Waals surface area contributed by atoms with E-state index in [1.54, 1.807) is 19.9 Å². The minimum Gasteiger partial charge on any atom is -0.244 e. The van der Waals surface area contributed by atoms with E-state index in [4.69, 9.17) is 0 Å². The Kier molecular flexibility index (Phi) is 2.98. The van der Waals surface area contributed by atoms with Crippen LogP contribution in [0.25, 0.3) is 0 Å². The molecule has 0 saturated heterocycles.